The molecule has 1 aromatic carbocycles. The van der Waals surface area contributed by atoms with Crippen LogP contribution in [0.25, 0.3) is 17.0 Å². The number of amides is 1. The monoisotopic (exact) mass is 354 g/mol. The molecule has 0 radical (unpaired) electrons. The molecule has 26 heavy (non-hydrogen) atoms. The highest BCUT2D eigenvalue weighted by Crippen LogP contribution is 2.40. The number of hydrogen-bond acceptors (Lipinski definition) is 2. The first kappa shape index (κ1) is 18.2. The highest BCUT2D eigenvalue weighted by atomic mass is 16.4. The van der Waals surface area contributed by atoms with Crippen molar-refractivity contribution in [2.75, 3.05) is 14.1 Å². The van der Waals surface area contributed by atoms with Crippen molar-refractivity contribution in [2.24, 2.45) is 0 Å². The van der Waals surface area contributed by atoms with Gasteiger partial charge in [0.05, 0.1) is 11.1 Å². The first-order valence-corrected chi connectivity index (χ1v) is 9.16. The predicted molar refractivity (Wildman–Crippen MR) is 104 cm³/mol. The zero-order chi connectivity index (χ0) is 18.8. The van der Waals surface area contributed by atoms with Gasteiger partial charge in [-0.15, -0.1) is 0 Å². The lowest BCUT2D eigenvalue weighted by molar-refractivity contribution is -0.129. The van der Waals surface area contributed by atoms with Crippen LogP contribution in [0.4, 0.5) is 0 Å². The summed E-state index contributed by atoms with van der Waals surface area (Å²) >= 11 is 0. The van der Waals surface area contributed by atoms with Gasteiger partial charge in [-0.3, -0.25) is 4.79 Å². The van der Waals surface area contributed by atoms with Crippen molar-refractivity contribution in [3.8, 4) is 0 Å². The van der Waals surface area contributed by atoms with E-state index in [-0.39, 0.29) is 18.0 Å². The maximum Gasteiger partial charge on any atom is 0.335 e. The van der Waals surface area contributed by atoms with Crippen LogP contribution in [0.5, 0.6) is 0 Å². The van der Waals surface area contributed by atoms with Gasteiger partial charge in [0.2, 0.25) is 5.91 Å². The topological polar surface area (TPSA) is 62.5 Å². The van der Waals surface area contributed by atoms with Crippen molar-refractivity contribution < 1.29 is 14.7 Å². The minimum Gasteiger partial charge on any atom is -0.478 e. The number of carbonyl (C=O) groups is 2. The molecule has 1 heterocycles. The molecule has 2 aromatic rings. The number of carbonyl (C=O) groups excluding carboxylic acids is 1. The van der Waals surface area contributed by atoms with E-state index < -0.39 is 5.97 Å². The van der Waals surface area contributed by atoms with Crippen LogP contribution in [0.3, 0.4) is 0 Å². The summed E-state index contributed by atoms with van der Waals surface area (Å²) in [5, 5.41) is 10.4. The first-order chi connectivity index (χ1) is 12.4. The Morgan fingerprint density at radius 3 is 2.54 bits per heavy atom. The van der Waals surface area contributed by atoms with Gasteiger partial charge in [0, 0.05) is 25.2 Å². The molecule has 138 valence electrons. The lowest BCUT2D eigenvalue weighted by Gasteiger charge is -2.23. The Balaban J connectivity index is 2.23. The number of carboxylic acids is 1. The Kier molecular flexibility index (Phi) is 5.16. The molecule has 1 amide bonds. The summed E-state index contributed by atoms with van der Waals surface area (Å²) in [6.45, 7) is 4.17. The summed E-state index contributed by atoms with van der Waals surface area (Å²) in [5.74, 6) is -0.551. The highest BCUT2D eigenvalue weighted by Gasteiger charge is 2.25. The summed E-state index contributed by atoms with van der Waals surface area (Å²) in [7, 11) is 3.46. The van der Waals surface area contributed by atoms with Gasteiger partial charge in [-0.1, -0.05) is 31.9 Å². The number of aromatic carboxylic acids is 1. The van der Waals surface area contributed by atoms with Crippen LogP contribution in [0.15, 0.2) is 24.8 Å². The second-order valence-corrected chi connectivity index (χ2v) is 7.25. The van der Waals surface area contributed by atoms with Crippen molar-refractivity contribution >= 4 is 28.9 Å². The maximum atomic E-state index is 12.4. The number of rotatable bonds is 5. The van der Waals surface area contributed by atoms with Gasteiger partial charge < -0.3 is 14.6 Å². The summed E-state index contributed by atoms with van der Waals surface area (Å²) < 4.78 is 1.93. The summed E-state index contributed by atoms with van der Waals surface area (Å²) in [6.07, 6.45) is 7.74. The predicted octanol–water partition coefficient (Wildman–Crippen LogP) is 4.12. The van der Waals surface area contributed by atoms with E-state index in [0.717, 1.165) is 29.4 Å². The third-order valence-corrected chi connectivity index (χ3v) is 5.39. The van der Waals surface area contributed by atoms with E-state index in [9.17, 15) is 14.7 Å². The lowest BCUT2D eigenvalue weighted by atomic mass is 9.82. The van der Waals surface area contributed by atoms with Crippen LogP contribution in [-0.4, -0.2) is 40.5 Å². The number of aromatic nitrogens is 1. The highest BCUT2D eigenvalue weighted by molar-refractivity contribution is 5.97. The minimum absolute atomic E-state index is 0.0269. The first-order valence-electron chi connectivity index (χ1n) is 9.16. The summed E-state index contributed by atoms with van der Waals surface area (Å²) in [5.41, 5.74) is 3.21. The van der Waals surface area contributed by atoms with E-state index in [1.54, 1.807) is 31.1 Å². The molecule has 5 nitrogen and oxygen atoms in total. The molecule has 0 aliphatic heterocycles. The number of nitrogens with zero attached hydrogens (tertiary/aromatic N) is 2. The van der Waals surface area contributed by atoms with Crippen molar-refractivity contribution in [3.05, 3.63) is 41.6 Å². The molecule has 3 rings (SSSR count). The third-order valence-electron chi connectivity index (χ3n) is 5.39. The van der Waals surface area contributed by atoms with Gasteiger partial charge >= 0.3 is 5.97 Å². The van der Waals surface area contributed by atoms with Crippen molar-refractivity contribution in [2.45, 2.75) is 44.6 Å². The number of hydrogen-bond donors (Lipinski definition) is 1. The Morgan fingerprint density at radius 2 is 1.96 bits per heavy atom. The maximum absolute atomic E-state index is 12.4. The fourth-order valence-corrected chi connectivity index (χ4v) is 4.02. The van der Waals surface area contributed by atoms with Crippen molar-refractivity contribution in [1.29, 1.82) is 0 Å². The van der Waals surface area contributed by atoms with Gasteiger partial charge in [-0.05, 0) is 42.5 Å². The standard InChI is InChI=1S/C21H26N2O3/c1-4-17-20(14-8-6-5-7-9-14)16-11-10-15(21(25)26)12-18(16)23(17)13-19(24)22(2)3/h4,10-12,14H,1,5-9,13H2,2-3H3,(H,25,26). The number of fused-ring (bicyclic) bond motifs is 1. The van der Waals surface area contributed by atoms with E-state index in [0.29, 0.717) is 5.92 Å². The second kappa shape index (κ2) is 7.36. The zero-order valence-electron chi connectivity index (χ0n) is 15.5. The molecule has 0 bridgehead atoms. The molecule has 0 spiro atoms. The van der Waals surface area contributed by atoms with E-state index in [1.807, 2.05) is 16.7 Å². The van der Waals surface area contributed by atoms with Crippen LogP contribution in [-0.2, 0) is 11.3 Å². The average molecular weight is 354 g/mol. The fraction of sp³-hybridized carbons (Fsp3) is 0.429. The molecule has 1 fully saturated rings. The number of likely N-dealkylation sites (N-methyl/N-ethyl adjacent to an activating group) is 1. The van der Waals surface area contributed by atoms with E-state index >= 15 is 0 Å². The Labute approximate surface area is 153 Å². The second-order valence-electron chi connectivity index (χ2n) is 7.25. The van der Waals surface area contributed by atoms with Gasteiger partial charge in [-0.2, -0.15) is 0 Å². The summed E-state index contributed by atoms with van der Waals surface area (Å²) in [6, 6.07) is 5.23. The van der Waals surface area contributed by atoms with E-state index in [1.165, 1.54) is 24.8 Å². The Morgan fingerprint density at radius 1 is 1.27 bits per heavy atom. The molecule has 1 N–H and O–H groups in total. The number of benzene rings is 1. The Hall–Kier alpha value is -2.56. The van der Waals surface area contributed by atoms with Gasteiger partial charge in [0.25, 0.3) is 0 Å². The summed E-state index contributed by atoms with van der Waals surface area (Å²) in [4.78, 5) is 25.4. The molecule has 0 atom stereocenters. The van der Waals surface area contributed by atoms with Crippen LogP contribution in [0.1, 0.15) is 59.6 Å². The average Bonchev–Trinajstić information content (AvgIpc) is 2.95. The van der Waals surface area contributed by atoms with Crippen LogP contribution in [0, 0.1) is 0 Å². The molecular weight excluding hydrogens is 328 g/mol. The van der Waals surface area contributed by atoms with Gasteiger partial charge in [-0.25, -0.2) is 4.79 Å². The lowest BCUT2D eigenvalue weighted by Crippen LogP contribution is -2.26. The normalized spacial score (nSPS) is 15.2. The SMILES string of the molecule is C=Cc1c(C2CCCCC2)c2ccc(C(=O)O)cc2n1CC(=O)N(C)C. The smallest absolute Gasteiger partial charge is 0.335 e. The zero-order valence-corrected chi connectivity index (χ0v) is 15.5. The number of carboxylic acid groups (broad SMARTS) is 1. The molecule has 0 saturated heterocycles. The van der Waals surface area contributed by atoms with E-state index in [4.69, 9.17) is 0 Å². The van der Waals surface area contributed by atoms with Crippen molar-refractivity contribution in [3.63, 3.8) is 0 Å². The molecule has 1 aliphatic carbocycles. The Bertz CT molecular complexity index is 858. The van der Waals surface area contributed by atoms with Gasteiger partial charge in [0.15, 0.2) is 0 Å². The van der Waals surface area contributed by atoms with Crippen LogP contribution < -0.4 is 0 Å². The molecular formula is C21H26N2O3. The molecule has 5 heteroatoms. The van der Waals surface area contributed by atoms with E-state index in [2.05, 4.69) is 6.58 Å². The minimum atomic E-state index is -0.960. The van der Waals surface area contributed by atoms with Crippen LogP contribution in [0.2, 0.25) is 0 Å². The molecule has 1 saturated carbocycles. The molecule has 0 unspecified atom stereocenters. The van der Waals surface area contributed by atoms with Gasteiger partial charge in [0.1, 0.15) is 6.54 Å². The molecule has 1 aliphatic rings. The fourth-order valence-electron chi connectivity index (χ4n) is 4.02. The van der Waals surface area contributed by atoms with Crippen molar-refractivity contribution in [1.82, 2.24) is 9.47 Å². The third kappa shape index (κ3) is 3.26. The van der Waals surface area contributed by atoms with Crippen LogP contribution >= 0.6 is 0 Å². The largest absolute Gasteiger partial charge is 0.478 e. The molecule has 1 aromatic heterocycles. The quantitative estimate of drug-likeness (QED) is 0.878.